The van der Waals surface area contributed by atoms with Crippen LogP contribution >= 0.6 is 11.8 Å². The molecular formula is C10H17N3O3S2. The second-order valence-corrected chi connectivity index (χ2v) is 6.26. The van der Waals surface area contributed by atoms with Crippen molar-refractivity contribution in [2.75, 3.05) is 17.8 Å². The van der Waals surface area contributed by atoms with E-state index >= 15 is 0 Å². The lowest BCUT2D eigenvalue weighted by Gasteiger charge is -2.07. The first-order valence-corrected chi connectivity index (χ1v) is 8.32. The van der Waals surface area contributed by atoms with Crippen LogP contribution in [0, 0.1) is 0 Å². The molecule has 0 aliphatic rings. The number of hydrogen-bond acceptors (Lipinski definition) is 5. The van der Waals surface area contributed by atoms with Gasteiger partial charge in [-0.25, -0.2) is 0 Å². The number of nitrogens with zero attached hydrogens (tertiary/aromatic N) is 3. The van der Waals surface area contributed by atoms with Gasteiger partial charge in [-0.05, 0) is 6.42 Å². The fraction of sp³-hybridized carbons (Fsp3) is 0.700. The number of aliphatic carboxylic acids is 1. The molecule has 8 heteroatoms. The topological polar surface area (TPSA) is 85.1 Å². The number of aryl methyl sites for hydroxylation is 1. The van der Waals surface area contributed by atoms with E-state index in [-0.39, 0.29) is 5.75 Å². The fourth-order valence-corrected chi connectivity index (χ4v) is 2.55. The van der Waals surface area contributed by atoms with Crippen LogP contribution in [0.5, 0.6) is 0 Å². The van der Waals surface area contributed by atoms with Crippen molar-refractivity contribution in [1.82, 2.24) is 14.8 Å². The number of carboxylic acid groups (broad SMARTS) is 1. The van der Waals surface area contributed by atoms with Crippen LogP contribution in [0.25, 0.3) is 0 Å². The van der Waals surface area contributed by atoms with Gasteiger partial charge in [0.05, 0.1) is 5.75 Å². The highest BCUT2D eigenvalue weighted by Crippen LogP contribution is 2.17. The van der Waals surface area contributed by atoms with Crippen LogP contribution in [-0.2, 0) is 28.6 Å². The van der Waals surface area contributed by atoms with Crippen LogP contribution in [-0.4, -0.2) is 47.8 Å². The minimum absolute atomic E-state index is 0.0422. The molecule has 18 heavy (non-hydrogen) atoms. The van der Waals surface area contributed by atoms with Gasteiger partial charge in [0, 0.05) is 35.8 Å². The standard InChI is InChI=1S/C10H17N3O3S2/c1-3-4-8-11-12-10(17-7-9(14)15)13(8)5-6-18(2)16/h3-7H2,1-2H3,(H,14,15). The SMILES string of the molecule is CCCc1nnc(SCC(=O)O)n1CCS(C)=O. The van der Waals surface area contributed by atoms with Gasteiger partial charge in [0.15, 0.2) is 5.16 Å². The van der Waals surface area contributed by atoms with E-state index in [0.29, 0.717) is 17.5 Å². The fourth-order valence-electron chi connectivity index (χ4n) is 1.41. The van der Waals surface area contributed by atoms with Gasteiger partial charge in [0.25, 0.3) is 0 Å². The predicted molar refractivity (Wildman–Crippen MR) is 71.3 cm³/mol. The zero-order valence-corrected chi connectivity index (χ0v) is 12.1. The van der Waals surface area contributed by atoms with Crippen LogP contribution < -0.4 is 0 Å². The van der Waals surface area contributed by atoms with Crippen LogP contribution in [0.4, 0.5) is 0 Å². The second-order valence-electron chi connectivity index (χ2n) is 3.76. The Balaban J connectivity index is 2.80. The molecule has 0 amide bonds. The van der Waals surface area contributed by atoms with Gasteiger partial charge in [-0.15, -0.1) is 10.2 Å². The first-order valence-electron chi connectivity index (χ1n) is 5.61. The summed E-state index contributed by atoms with van der Waals surface area (Å²) in [4.78, 5) is 10.6. The molecular weight excluding hydrogens is 274 g/mol. The third-order valence-electron chi connectivity index (χ3n) is 2.19. The maximum atomic E-state index is 11.1. The first kappa shape index (κ1) is 15.2. The summed E-state index contributed by atoms with van der Waals surface area (Å²) in [5.41, 5.74) is 0. The van der Waals surface area contributed by atoms with Gasteiger partial charge in [-0.3, -0.25) is 9.00 Å². The van der Waals surface area contributed by atoms with Crippen molar-refractivity contribution in [1.29, 1.82) is 0 Å². The Bertz CT molecular complexity index is 434. The van der Waals surface area contributed by atoms with E-state index in [1.165, 1.54) is 0 Å². The lowest BCUT2D eigenvalue weighted by atomic mass is 10.3. The highest BCUT2D eigenvalue weighted by Gasteiger charge is 2.13. The van der Waals surface area contributed by atoms with Crippen LogP contribution in [0.1, 0.15) is 19.2 Å². The molecule has 102 valence electrons. The van der Waals surface area contributed by atoms with Crippen molar-refractivity contribution >= 4 is 28.5 Å². The average Bonchev–Trinajstić information content (AvgIpc) is 2.66. The first-order chi connectivity index (χ1) is 8.54. The Hall–Kier alpha value is -0.890. The maximum absolute atomic E-state index is 11.1. The molecule has 0 aliphatic heterocycles. The van der Waals surface area contributed by atoms with E-state index in [0.717, 1.165) is 30.4 Å². The highest BCUT2D eigenvalue weighted by molar-refractivity contribution is 7.99. The zero-order chi connectivity index (χ0) is 13.5. The van der Waals surface area contributed by atoms with E-state index < -0.39 is 16.8 Å². The molecule has 0 bridgehead atoms. The molecule has 0 fully saturated rings. The molecule has 1 heterocycles. The summed E-state index contributed by atoms with van der Waals surface area (Å²) in [5, 5.41) is 17.3. The third-order valence-corrected chi connectivity index (χ3v) is 3.90. The lowest BCUT2D eigenvalue weighted by Crippen LogP contribution is -2.11. The Kier molecular flexibility index (Phi) is 6.34. The van der Waals surface area contributed by atoms with Crippen molar-refractivity contribution in [3.63, 3.8) is 0 Å². The molecule has 6 nitrogen and oxygen atoms in total. The molecule has 1 rings (SSSR count). The quantitative estimate of drug-likeness (QED) is 0.713. The van der Waals surface area contributed by atoms with Crippen molar-refractivity contribution in [2.24, 2.45) is 0 Å². The summed E-state index contributed by atoms with van der Waals surface area (Å²) in [6.07, 6.45) is 3.38. The van der Waals surface area contributed by atoms with Crippen LogP contribution in [0.2, 0.25) is 0 Å². The predicted octanol–water partition coefficient (Wildman–Crippen LogP) is 0.786. The summed E-state index contributed by atoms with van der Waals surface area (Å²) in [7, 11) is -0.885. The van der Waals surface area contributed by atoms with Gasteiger partial charge >= 0.3 is 5.97 Å². The van der Waals surface area contributed by atoms with Gasteiger partial charge < -0.3 is 9.67 Å². The summed E-state index contributed by atoms with van der Waals surface area (Å²) >= 11 is 1.14. The second kappa shape index (κ2) is 7.52. The van der Waals surface area contributed by atoms with E-state index in [9.17, 15) is 9.00 Å². The van der Waals surface area contributed by atoms with E-state index in [2.05, 4.69) is 10.2 Å². The van der Waals surface area contributed by atoms with E-state index in [4.69, 9.17) is 5.11 Å². The van der Waals surface area contributed by atoms with Crippen LogP contribution in [0.3, 0.4) is 0 Å². The van der Waals surface area contributed by atoms with Crippen molar-refractivity contribution in [2.45, 2.75) is 31.5 Å². The van der Waals surface area contributed by atoms with Gasteiger partial charge in [-0.2, -0.15) is 0 Å². The van der Waals surface area contributed by atoms with E-state index in [1.807, 2.05) is 11.5 Å². The molecule has 0 aromatic carbocycles. The Labute approximate surface area is 113 Å². The molecule has 1 N–H and O–H groups in total. The number of rotatable bonds is 8. The highest BCUT2D eigenvalue weighted by atomic mass is 32.2. The van der Waals surface area contributed by atoms with Gasteiger partial charge in [0.2, 0.25) is 0 Å². The normalized spacial score (nSPS) is 12.6. The summed E-state index contributed by atoms with van der Waals surface area (Å²) in [6.45, 7) is 2.61. The van der Waals surface area contributed by atoms with Crippen molar-refractivity contribution in [3.05, 3.63) is 5.82 Å². The minimum atomic E-state index is -0.885. The average molecular weight is 291 g/mol. The number of carbonyl (C=O) groups is 1. The summed E-state index contributed by atoms with van der Waals surface area (Å²) in [6, 6.07) is 0. The molecule has 0 radical (unpaired) electrons. The molecule has 0 saturated carbocycles. The molecule has 0 aliphatic carbocycles. The Morgan fingerprint density at radius 2 is 2.22 bits per heavy atom. The maximum Gasteiger partial charge on any atom is 0.313 e. The number of thioether (sulfide) groups is 1. The Morgan fingerprint density at radius 1 is 1.50 bits per heavy atom. The largest absolute Gasteiger partial charge is 0.481 e. The molecule has 1 aromatic rings. The number of hydrogen-bond donors (Lipinski definition) is 1. The summed E-state index contributed by atoms with van der Waals surface area (Å²) < 4.78 is 13.0. The molecule has 1 aromatic heterocycles. The third kappa shape index (κ3) is 4.77. The van der Waals surface area contributed by atoms with Crippen LogP contribution in [0.15, 0.2) is 5.16 Å². The zero-order valence-electron chi connectivity index (χ0n) is 10.5. The van der Waals surface area contributed by atoms with Crippen molar-refractivity contribution < 1.29 is 14.1 Å². The Morgan fingerprint density at radius 3 is 2.78 bits per heavy atom. The van der Waals surface area contributed by atoms with Gasteiger partial charge in [-0.1, -0.05) is 18.7 Å². The van der Waals surface area contributed by atoms with Gasteiger partial charge in [0.1, 0.15) is 5.82 Å². The lowest BCUT2D eigenvalue weighted by molar-refractivity contribution is -0.133. The molecule has 1 atom stereocenters. The number of carboxylic acids is 1. The molecule has 0 spiro atoms. The van der Waals surface area contributed by atoms with E-state index in [1.54, 1.807) is 6.26 Å². The molecule has 1 unspecified atom stereocenters. The van der Waals surface area contributed by atoms with Crippen molar-refractivity contribution in [3.8, 4) is 0 Å². The smallest absolute Gasteiger partial charge is 0.313 e. The monoisotopic (exact) mass is 291 g/mol. The minimum Gasteiger partial charge on any atom is -0.481 e. The number of aromatic nitrogens is 3. The summed E-state index contributed by atoms with van der Waals surface area (Å²) in [5.74, 6) is 0.427. The molecule has 0 saturated heterocycles.